The normalized spacial score (nSPS) is 13.0. The Morgan fingerprint density at radius 1 is 1.12 bits per heavy atom. The van der Waals surface area contributed by atoms with Crippen molar-refractivity contribution in [1.82, 2.24) is 0 Å². The van der Waals surface area contributed by atoms with Crippen LogP contribution in [0, 0.1) is 6.92 Å². The summed E-state index contributed by atoms with van der Waals surface area (Å²) in [6.07, 6.45) is -0.491. The molecule has 0 aliphatic rings. The lowest BCUT2D eigenvalue weighted by molar-refractivity contribution is 0.0398. The van der Waals surface area contributed by atoms with Gasteiger partial charge in [0, 0.05) is 15.7 Å². The van der Waals surface area contributed by atoms with Crippen LogP contribution in [-0.2, 0) is 16.8 Å². The molecular weight excluding hydrogens is 352 g/mol. The van der Waals surface area contributed by atoms with E-state index in [1.807, 2.05) is 24.3 Å². The summed E-state index contributed by atoms with van der Waals surface area (Å²) < 4.78 is 5.61. The van der Waals surface area contributed by atoms with E-state index >= 15 is 0 Å². The van der Waals surface area contributed by atoms with Gasteiger partial charge in [0.15, 0.2) is 0 Å². The van der Waals surface area contributed by atoms with Crippen molar-refractivity contribution >= 4 is 23.4 Å². The average Bonchev–Trinajstić information content (AvgIpc) is 2.55. The molecule has 136 valence electrons. The van der Waals surface area contributed by atoms with Gasteiger partial charge in [0.1, 0.15) is 0 Å². The number of halogens is 1. The van der Waals surface area contributed by atoms with E-state index in [-0.39, 0.29) is 5.41 Å². The van der Waals surface area contributed by atoms with Crippen LogP contribution >= 0.6 is 23.4 Å². The van der Waals surface area contributed by atoms with Crippen LogP contribution in [0.1, 0.15) is 37.5 Å². The fourth-order valence-corrected chi connectivity index (χ4v) is 3.45. The fraction of sp³-hybridized carbons (Fsp3) is 0.429. The molecule has 0 aliphatic heterocycles. The highest BCUT2D eigenvalue weighted by Crippen LogP contribution is 2.30. The van der Waals surface area contributed by atoms with Crippen LogP contribution in [-0.4, -0.2) is 23.6 Å². The van der Waals surface area contributed by atoms with Crippen LogP contribution in [0.2, 0.25) is 5.02 Å². The Labute approximate surface area is 160 Å². The predicted octanol–water partition coefficient (Wildman–Crippen LogP) is 5.62. The standard InChI is InChI=1S/C21H27ClO2S/c1-15-5-8-17(21(2,3)4)11-20(15)25-14-19(23)13-24-12-16-6-9-18(22)10-7-16/h5-11,19,23H,12-14H2,1-4H3/t19-/m0/s1. The van der Waals surface area contributed by atoms with Crippen LogP contribution in [0.15, 0.2) is 47.4 Å². The summed E-state index contributed by atoms with van der Waals surface area (Å²) >= 11 is 7.55. The molecule has 1 atom stereocenters. The first kappa shape index (κ1) is 20.3. The van der Waals surface area contributed by atoms with Crippen molar-refractivity contribution in [2.45, 2.75) is 50.7 Å². The quantitative estimate of drug-likeness (QED) is 0.634. The second-order valence-corrected chi connectivity index (χ2v) is 8.83. The van der Waals surface area contributed by atoms with E-state index in [4.69, 9.17) is 16.3 Å². The Bertz CT molecular complexity index is 677. The molecule has 0 unspecified atom stereocenters. The zero-order chi connectivity index (χ0) is 18.4. The molecule has 25 heavy (non-hydrogen) atoms. The molecule has 0 bridgehead atoms. The lowest BCUT2D eigenvalue weighted by atomic mass is 9.87. The molecule has 2 rings (SSSR count). The SMILES string of the molecule is Cc1ccc(C(C)(C)C)cc1SC[C@@H](O)COCc1ccc(Cl)cc1. The molecular formula is C21H27ClO2S. The van der Waals surface area contributed by atoms with Gasteiger partial charge in [0.25, 0.3) is 0 Å². The van der Waals surface area contributed by atoms with E-state index < -0.39 is 6.10 Å². The maximum Gasteiger partial charge on any atom is 0.0867 e. The Morgan fingerprint density at radius 3 is 2.44 bits per heavy atom. The van der Waals surface area contributed by atoms with Crippen LogP contribution in [0.3, 0.4) is 0 Å². The van der Waals surface area contributed by atoms with Gasteiger partial charge >= 0.3 is 0 Å². The van der Waals surface area contributed by atoms with E-state index in [1.165, 1.54) is 16.0 Å². The third-order valence-electron chi connectivity index (χ3n) is 3.98. The van der Waals surface area contributed by atoms with Gasteiger partial charge in [-0.1, -0.05) is 56.6 Å². The molecule has 4 heteroatoms. The Kier molecular flexibility index (Phi) is 7.38. The number of aryl methyl sites for hydroxylation is 1. The van der Waals surface area contributed by atoms with Crippen LogP contribution < -0.4 is 0 Å². The molecule has 0 saturated carbocycles. The molecule has 0 radical (unpaired) electrons. The van der Waals surface area contributed by atoms with Gasteiger partial charge in [-0.25, -0.2) is 0 Å². The molecule has 2 nitrogen and oxygen atoms in total. The zero-order valence-corrected chi connectivity index (χ0v) is 17.0. The number of aliphatic hydroxyl groups excluding tert-OH is 1. The van der Waals surface area contributed by atoms with Crippen molar-refractivity contribution in [3.05, 3.63) is 64.2 Å². The van der Waals surface area contributed by atoms with Crippen molar-refractivity contribution in [3.63, 3.8) is 0 Å². The number of hydrogen-bond donors (Lipinski definition) is 1. The van der Waals surface area contributed by atoms with Crippen LogP contribution in [0.4, 0.5) is 0 Å². The molecule has 0 saturated heterocycles. The highest BCUT2D eigenvalue weighted by atomic mass is 35.5. The summed E-state index contributed by atoms with van der Waals surface area (Å²) in [5.41, 5.74) is 3.74. The van der Waals surface area contributed by atoms with Crippen LogP contribution in [0.5, 0.6) is 0 Å². The van der Waals surface area contributed by atoms with Gasteiger partial charge in [-0.2, -0.15) is 0 Å². The molecule has 0 aliphatic carbocycles. The molecule has 0 heterocycles. The highest BCUT2D eigenvalue weighted by molar-refractivity contribution is 7.99. The molecule has 0 fully saturated rings. The third kappa shape index (κ3) is 6.67. The Balaban J connectivity index is 1.81. The summed E-state index contributed by atoms with van der Waals surface area (Å²) in [6, 6.07) is 14.1. The van der Waals surface area contributed by atoms with Crippen molar-refractivity contribution in [3.8, 4) is 0 Å². The van der Waals surface area contributed by atoms with Crippen LogP contribution in [0.25, 0.3) is 0 Å². The van der Waals surface area contributed by atoms with E-state index in [0.717, 1.165) is 5.56 Å². The number of thioether (sulfide) groups is 1. The molecule has 0 spiro atoms. The summed E-state index contributed by atoms with van der Waals surface area (Å²) in [6.45, 7) is 9.56. The topological polar surface area (TPSA) is 29.5 Å². The maximum atomic E-state index is 10.2. The van der Waals surface area contributed by atoms with Crippen molar-refractivity contribution in [2.24, 2.45) is 0 Å². The van der Waals surface area contributed by atoms with Crippen molar-refractivity contribution in [2.75, 3.05) is 12.4 Å². The van der Waals surface area contributed by atoms with Gasteiger partial charge in [-0.05, 0) is 47.2 Å². The lowest BCUT2D eigenvalue weighted by Crippen LogP contribution is -2.18. The van der Waals surface area contributed by atoms with Crippen molar-refractivity contribution in [1.29, 1.82) is 0 Å². The summed E-state index contributed by atoms with van der Waals surface area (Å²) in [4.78, 5) is 1.23. The Morgan fingerprint density at radius 2 is 1.80 bits per heavy atom. The number of aliphatic hydroxyl groups is 1. The maximum absolute atomic E-state index is 10.2. The van der Waals surface area contributed by atoms with Gasteiger partial charge in [0.05, 0.1) is 19.3 Å². The van der Waals surface area contributed by atoms with Gasteiger partial charge < -0.3 is 9.84 Å². The molecule has 0 amide bonds. The third-order valence-corrected chi connectivity index (χ3v) is 5.53. The first-order valence-corrected chi connectivity index (χ1v) is 9.86. The first-order chi connectivity index (χ1) is 11.8. The van der Waals surface area contributed by atoms with E-state index in [9.17, 15) is 5.11 Å². The van der Waals surface area contributed by atoms with E-state index in [0.29, 0.717) is 24.0 Å². The number of hydrogen-bond acceptors (Lipinski definition) is 3. The number of ether oxygens (including phenoxy) is 1. The van der Waals surface area contributed by atoms with E-state index in [1.54, 1.807) is 11.8 Å². The lowest BCUT2D eigenvalue weighted by Gasteiger charge is -2.21. The van der Waals surface area contributed by atoms with E-state index in [2.05, 4.69) is 45.9 Å². The minimum atomic E-state index is -0.491. The van der Waals surface area contributed by atoms with Gasteiger partial charge in [0.2, 0.25) is 0 Å². The summed E-state index contributed by atoms with van der Waals surface area (Å²) in [5, 5.41) is 10.9. The molecule has 1 N–H and O–H groups in total. The molecule has 2 aromatic rings. The second-order valence-electron chi connectivity index (χ2n) is 7.34. The van der Waals surface area contributed by atoms with Gasteiger partial charge in [-0.15, -0.1) is 11.8 Å². The second kappa shape index (κ2) is 9.09. The summed E-state index contributed by atoms with van der Waals surface area (Å²) in [5.74, 6) is 0.620. The highest BCUT2D eigenvalue weighted by Gasteiger charge is 2.15. The fourth-order valence-electron chi connectivity index (χ4n) is 2.35. The minimum Gasteiger partial charge on any atom is -0.390 e. The number of benzene rings is 2. The smallest absolute Gasteiger partial charge is 0.0867 e. The van der Waals surface area contributed by atoms with Crippen molar-refractivity contribution < 1.29 is 9.84 Å². The predicted molar refractivity (Wildman–Crippen MR) is 108 cm³/mol. The van der Waals surface area contributed by atoms with Gasteiger partial charge in [-0.3, -0.25) is 0 Å². The molecule has 2 aromatic carbocycles. The zero-order valence-electron chi connectivity index (χ0n) is 15.4. The number of rotatable bonds is 7. The first-order valence-electron chi connectivity index (χ1n) is 8.50. The average molecular weight is 379 g/mol. The molecule has 0 aromatic heterocycles. The monoisotopic (exact) mass is 378 g/mol. The largest absolute Gasteiger partial charge is 0.390 e. The Hall–Kier alpha value is -1.00. The minimum absolute atomic E-state index is 0.128. The summed E-state index contributed by atoms with van der Waals surface area (Å²) in [7, 11) is 0.